The molecular formula is C15H22N4OS2. The van der Waals surface area contributed by atoms with Gasteiger partial charge >= 0.3 is 0 Å². The zero-order valence-corrected chi connectivity index (χ0v) is 14.9. The second-order valence-corrected chi connectivity index (χ2v) is 8.35. The van der Waals surface area contributed by atoms with Crippen LogP contribution in [0.1, 0.15) is 42.2 Å². The zero-order chi connectivity index (χ0) is 15.7. The highest BCUT2D eigenvalue weighted by Gasteiger charge is 2.28. The Hall–Kier alpha value is -1.08. The number of amides is 1. The van der Waals surface area contributed by atoms with Gasteiger partial charge in [-0.2, -0.15) is 0 Å². The molecular weight excluding hydrogens is 316 g/mol. The second kappa shape index (κ2) is 6.58. The van der Waals surface area contributed by atoms with Gasteiger partial charge in [0.15, 0.2) is 5.17 Å². The summed E-state index contributed by atoms with van der Waals surface area (Å²) < 4.78 is 0. The molecule has 0 radical (unpaired) electrons. The van der Waals surface area contributed by atoms with Crippen LogP contribution in [0.15, 0.2) is 10.4 Å². The molecule has 0 N–H and O–H groups in total. The Bertz CT molecular complexity index is 576. The van der Waals surface area contributed by atoms with E-state index in [4.69, 9.17) is 0 Å². The number of hydrogen-bond acceptors (Lipinski definition) is 6. The zero-order valence-electron chi connectivity index (χ0n) is 13.3. The Balaban J connectivity index is 1.57. The van der Waals surface area contributed by atoms with E-state index in [2.05, 4.69) is 35.6 Å². The van der Waals surface area contributed by atoms with E-state index in [1.807, 2.05) is 22.0 Å². The highest BCUT2D eigenvalue weighted by atomic mass is 32.2. The molecule has 3 heterocycles. The van der Waals surface area contributed by atoms with Crippen LogP contribution in [0.4, 0.5) is 0 Å². The molecule has 2 aliphatic rings. The van der Waals surface area contributed by atoms with Gasteiger partial charge in [-0.25, -0.2) is 4.98 Å². The van der Waals surface area contributed by atoms with Crippen molar-refractivity contribution in [3.05, 3.63) is 16.1 Å². The SMILES string of the molecule is CC(C)c1nc(C(=O)N2CCN(C3=NC[C@H](C)S3)CC2)cs1. The average molecular weight is 339 g/mol. The maximum Gasteiger partial charge on any atom is 0.273 e. The minimum absolute atomic E-state index is 0.0668. The molecule has 1 amide bonds. The lowest BCUT2D eigenvalue weighted by molar-refractivity contribution is 0.0688. The van der Waals surface area contributed by atoms with Crippen LogP contribution >= 0.6 is 23.1 Å². The third-order valence-corrected chi connectivity index (χ3v) is 6.16. The van der Waals surface area contributed by atoms with Crippen LogP contribution in [0.25, 0.3) is 0 Å². The lowest BCUT2D eigenvalue weighted by Crippen LogP contribution is -2.50. The minimum Gasteiger partial charge on any atom is -0.348 e. The first-order chi connectivity index (χ1) is 10.5. The monoisotopic (exact) mass is 338 g/mol. The summed E-state index contributed by atoms with van der Waals surface area (Å²) in [4.78, 5) is 25.8. The average Bonchev–Trinajstić information content (AvgIpc) is 3.16. The summed E-state index contributed by atoms with van der Waals surface area (Å²) in [5.74, 6) is 0.444. The fourth-order valence-corrected chi connectivity index (χ4v) is 4.35. The summed E-state index contributed by atoms with van der Waals surface area (Å²) in [6.07, 6.45) is 0. The van der Waals surface area contributed by atoms with E-state index >= 15 is 0 Å². The predicted octanol–water partition coefficient (Wildman–Crippen LogP) is 2.52. The Morgan fingerprint density at radius 3 is 2.59 bits per heavy atom. The summed E-state index contributed by atoms with van der Waals surface area (Å²) in [5.41, 5.74) is 0.600. The number of nitrogens with zero attached hydrogens (tertiary/aromatic N) is 4. The van der Waals surface area contributed by atoms with Crippen molar-refractivity contribution in [3.63, 3.8) is 0 Å². The van der Waals surface area contributed by atoms with Gasteiger partial charge in [-0.3, -0.25) is 9.79 Å². The maximum absolute atomic E-state index is 12.5. The van der Waals surface area contributed by atoms with Crippen molar-refractivity contribution in [2.45, 2.75) is 31.9 Å². The van der Waals surface area contributed by atoms with E-state index in [0.29, 0.717) is 16.9 Å². The summed E-state index contributed by atoms with van der Waals surface area (Å²) in [6.45, 7) is 10.6. The van der Waals surface area contributed by atoms with Gasteiger partial charge in [-0.1, -0.05) is 32.5 Å². The van der Waals surface area contributed by atoms with E-state index < -0.39 is 0 Å². The number of carbonyl (C=O) groups is 1. The molecule has 0 aromatic carbocycles. The maximum atomic E-state index is 12.5. The molecule has 0 unspecified atom stereocenters. The van der Waals surface area contributed by atoms with Gasteiger partial charge in [0.1, 0.15) is 5.69 Å². The molecule has 0 spiro atoms. The smallest absolute Gasteiger partial charge is 0.273 e. The van der Waals surface area contributed by atoms with Crippen LogP contribution in [0.3, 0.4) is 0 Å². The first-order valence-electron chi connectivity index (χ1n) is 7.75. The molecule has 22 heavy (non-hydrogen) atoms. The minimum atomic E-state index is 0.0668. The molecule has 7 heteroatoms. The number of rotatable bonds is 2. The van der Waals surface area contributed by atoms with Crippen LogP contribution in [-0.4, -0.2) is 63.8 Å². The fraction of sp³-hybridized carbons (Fsp3) is 0.667. The van der Waals surface area contributed by atoms with Crippen molar-refractivity contribution in [2.24, 2.45) is 4.99 Å². The van der Waals surface area contributed by atoms with Gasteiger partial charge in [0, 0.05) is 42.7 Å². The van der Waals surface area contributed by atoms with Crippen molar-refractivity contribution < 1.29 is 4.79 Å². The van der Waals surface area contributed by atoms with Gasteiger partial charge in [0.25, 0.3) is 5.91 Å². The van der Waals surface area contributed by atoms with Gasteiger partial charge in [-0.05, 0) is 0 Å². The number of thioether (sulfide) groups is 1. The molecule has 0 saturated carbocycles. The molecule has 2 aliphatic heterocycles. The molecule has 1 fully saturated rings. The van der Waals surface area contributed by atoms with Gasteiger partial charge in [-0.15, -0.1) is 11.3 Å². The Morgan fingerprint density at radius 2 is 2.05 bits per heavy atom. The lowest BCUT2D eigenvalue weighted by atomic mass is 10.2. The van der Waals surface area contributed by atoms with Crippen molar-refractivity contribution in [1.29, 1.82) is 0 Å². The van der Waals surface area contributed by atoms with Crippen LogP contribution in [0, 0.1) is 0 Å². The predicted molar refractivity (Wildman–Crippen MR) is 93.0 cm³/mol. The first kappa shape index (κ1) is 15.8. The standard InChI is InChI=1S/C15H22N4OS2/c1-10(2)13-17-12(9-21-13)14(20)18-4-6-19(7-5-18)15-16-8-11(3)22-15/h9-11H,4-8H2,1-3H3/t11-/m0/s1. The van der Waals surface area contributed by atoms with Crippen molar-refractivity contribution in [3.8, 4) is 0 Å². The molecule has 3 rings (SSSR count). The number of carbonyl (C=O) groups excluding carboxylic acids is 1. The normalized spacial score (nSPS) is 22.4. The van der Waals surface area contributed by atoms with E-state index in [1.165, 1.54) is 0 Å². The quantitative estimate of drug-likeness (QED) is 0.831. The highest BCUT2D eigenvalue weighted by molar-refractivity contribution is 8.14. The van der Waals surface area contributed by atoms with Crippen LogP contribution in [0.2, 0.25) is 0 Å². The topological polar surface area (TPSA) is 48.8 Å². The van der Waals surface area contributed by atoms with Crippen molar-refractivity contribution in [1.82, 2.24) is 14.8 Å². The Morgan fingerprint density at radius 1 is 1.32 bits per heavy atom. The lowest BCUT2D eigenvalue weighted by Gasteiger charge is -2.35. The molecule has 120 valence electrons. The molecule has 5 nitrogen and oxygen atoms in total. The number of aliphatic imine (C=N–C) groups is 1. The second-order valence-electron chi connectivity index (χ2n) is 6.06. The third-order valence-electron chi connectivity index (χ3n) is 3.86. The number of piperazine rings is 1. The van der Waals surface area contributed by atoms with Crippen LogP contribution < -0.4 is 0 Å². The molecule has 0 bridgehead atoms. The largest absolute Gasteiger partial charge is 0.348 e. The number of amidine groups is 1. The molecule has 1 atom stereocenters. The summed E-state index contributed by atoms with van der Waals surface area (Å²) in [6, 6.07) is 0. The Kier molecular flexibility index (Phi) is 4.73. The molecule has 1 saturated heterocycles. The van der Waals surface area contributed by atoms with E-state index in [-0.39, 0.29) is 5.91 Å². The van der Waals surface area contributed by atoms with Crippen LogP contribution in [-0.2, 0) is 0 Å². The summed E-state index contributed by atoms with van der Waals surface area (Å²) in [5, 5.41) is 4.66. The van der Waals surface area contributed by atoms with E-state index in [1.54, 1.807) is 11.3 Å². The number of aromatic nitrogens is 1. The summed E-state index contributed by atoms with van der Waals surface area (Å²) in [7, 11) is 0. The number of thiazole rings is 1. The molecule has 1 aromatic rings. The number of hydrogen-bond donors (Lipinski definition) is 0. The highest BCUT2D eigenvalue weighted by Crippen LogP contribution is 2.24. The summed E-state index contributed by atoms with van der Waals surface area (Å²) >= 11 is 3.43. The molecule has 1 aromatic heterocycles. The Labute approximate surface area is 139 Å². The fourth-order valence-electron chi connectivity index (χ4n) is 2.55. The van der Waals surface area contributed by atoms with E-state index in [0.717, 1.165) is 42.9 Å². The van der Waals surface area contributed by atoms with Gasteiger partial charge < -0.3 is 9.80 Å². The van der Waals surface area contributed by atoms with E-state index in [9.17, 15) is 4.79 Å². The van der Waals surface area contributed by atoms with Crippen molar-refractivity contribution >= 4 is 34.2 Å². The molecule has 0 aliphatic carbocycles. The van der Waals surface area contributed by atoms with Gasteiger partial charge in [0.05, 0.1) is 11.6 Å². The third kappa shape index (κ3) is 3.30. The van der Waals surface area contributed by atoms with Gasteiger partial charge in [0.2, 0.25) is 0 Å². The van der Waals surface area contributed by atoms with Crippen molar-refractivity contribution in [2.75, 3.05) is 32.7 Å². The van der Waals surface area contributed by atoms with Crippen LogP contribution in [0.5, 0.6) is 0 Å². The first-order valence-corrected chi connectivity index (χ1v) is 9.51.